The Morgan fingerprint density at radius 2 is 2.13 bits per heavy atom. The molecule has 3 rings (SSSR count). The van der Waals surface area contributed by atoms with Crippen molar-refractivity contribution >= 4 is 0 Å². The van der Waals surface area contributed by atoms with Gasteiger partial charge in [-0.15, -0.1) is 0 Å². The molecule has 0 spiro atoms. The summed E-state index contributed by atoms with van der Waals surface area (Å²) in [7, 11) is 0. The van der Waals surface area contributed by atoms with Gasteiger partial charge in [-0.3, -0.25) is 9.69 Å². The van der Waals surface area contributed by atoms with Gasteiger partial charge in [-0.2, -0.15) is 0 Å². The van der Waals surface area contributed by atoms with Crippen LogP contribution in [0, 0.1) is 11.6 Å². The van der Waals surface area contributed by atoms with Crippen LogP contribution in [0.2, 0.25) is 0 Å². The fourth-order valence-corrected chi connectivity index (χ4v) is 2.81. The van der Waals surface area contributed by atoms with Gasteiger partial charge in [-0.1, -0.05) is 13.8 Å². The molecule has 2 aromatic rings. The highest BCUT2D eigenvalue weighted by molar-refractivity contribution is 5.23. The molecule has 122 valence electrons. The van der Waals surface area contributed by atoms with Crippen LogP contribution in [0.1, 0.15) is 42.4 Å². The number of rotatable bonds is 3. The number of hydrogen-bond donors (Lipinski definition) is 1. The number of hydrogen-bond acceptors (Lipinski definition) is 3. The number of aromatic nitrogens is 2. The lowest BCUT2D eigenvalue weighted by Gasteiger charge is -2.28. The molecule has 1 aromatic heterocycles. The van der Waals surface area contributed by atoms with Crippen LogP contribution in [0.5, 0.6) is 0 Å². The number of benzene rings is 1. The highest BCUT2D eigenvalue weighted by atomic mass is 19.1. The van der Waals surface area contributed by atoms with Crippen molar-refractivity contribution in [1.82, 2.24) is 14.9 Å². The molecule has 1 N–H and O–H groups in total. The summed E-state index contributed by atoms with van der Waals surface area (Å²) in [6.45, 7) is 5.29. The molecule has 0 saturated heterocycles. The van der Waals surface area contributed by atoms with Crippen molar-refractivity contribution in [2.24, 2.45) is 0 Å². The maximum Gasteiger partial charge on any atom is 0.255 e. The maximum atomic E-state index is 13.8. The van der Waals surface area contributed by atoms with Gasteiger partial charge >= 0.3 is 0 Å². The minimum Gasteiger partial charge on any atom is -0.310 e. The third kappa shape index (κ3) is 3.32. The molecule has 4 nitrogen and oxygen atoms in total. The average Bonchev–Trinajstić information content (AvgIpc) is 2.51. The Kier molecular flexibility index (Phi) is 4.26. The molecule has 2 heterocycles. The Balaban J connectivity index is 1.83. The highest BCUT2D eigenvalue weighted by Crippen LogP contribution is 2.19. The number of nitrogens with one attached hydrogen (secondary N) is 1. The van der Waals surface area contributed by atoms with Crippen LogP contribution in [0.15, 0.2) is 23.0 Å². The van der Waals surface area contributed by atoms with Crippen LogP contribution in [0.4, 0.5) is 8.78 Å². The molecule has 0 amide bonds. The number of H-pyrrole nitrogens is 1. The molecule has 0 radical (unpaired) electrons. The Labute approximate surface area is 133 Å². The van der Waals surface area contributed by atoms with Crippen LogP contribution >= 0.6 is 0 Å². The Hall–Kier alpha value is -2.08. The van der Waals surface area contributed by atoms with Gasteiger partial charge in [0.05, 0.1) is 11.3 Å². The molecule has 0 atom stereocenters. The highest BCUT2D eigenvalue weighted by Gasteiger charge is 2.22. The molecule has 6 heteroatoms. The van der Waals surface area contributed by atoms with Crippen LogP contribution in [-0.2, 0) is 19.5 Å². The van der Waals surface area contributed by atoms with E-state index in [2.05, 4.69) is 9.97 Å². The fourth-order valence-electron chi connectivity index (χ4n) is 2.81. The normalized spacial score (nSPS) is 15.0. The van der Waals surface area contributed by atoms with Crippen molar-refractivity contribution in [2.45, 2.75) is 39.3 Å². The van der Waals surface area contributed by atoms with Gasteiger partial charge in [0.1, 0.15) is 17.5 Å². The first-order valence-corrected chi connectivity index (χ1v) is 7.72. The van der Waals surface area contributed by atoms with E-state index in [4.69, 9.17) is 0 Å². The molecule has 0 saturated carbocycles. The number of nitrogens with zero attached hydrogens (tertiary/aromatic N) is 2. The monoisotopic (exact) mass is 319 g/mol. The van der Waals surface area contributed by atoms with Crippen molar-refractivity contribution < 1.29 is 8.78 Å². The summed E-state index contributed by atoms with van der Waals surface area (Å²) in [5, 5.41) is 0. The minimum absolute atomic E-state index is 0.136. The average molecular weight is 319 g/mol. The fraction of sp³-hybridized carbons (Fsp3) is 0.412. The summed E-state index contributed by atoms with van der Waals surface area (Å²) in [5.74, 6) is -0.0370. The smallest absolute Gasteiger partial charge is 0.255 e. The van der Waals surface area contributed by atoms with Gasteiger partial charge in [0.25, 0.3) is 5.56 Å². The van der Waals surface area contributed by atoms with Crippen molar-refractivity contribution in [1.29, 1.82) is 0 Å². The lowest BCUT2D eigenvalue weighted by molar-refractivity contribution is 0.237. The quantitative estimate of drug-likeness (QED) is 0.946. The summed E-state index contributed by atoms with van der Waals surface area (Å²) >= 11 is 0. The molecule has 0 bridgehead atoms. The van der Waals surface area contributed by atoms with Crippen LogP contribution < -0.4 is 5.56 Å². The number of aromatic amines is 1. The van der Waals surface area contributed by atoms with Crippen LogP contribution in [0.25, 0.3) is 0 Å². The lowest BCUT2D eigenvalue weighted by Crippen LogP contribution is -2.36. The molecule has 1 aromatic carbocycles. The SMILES string of the molecule is CC(C)c1nc2c(c(=O)[nH]1)CN(Cc1cc(F)ccc1F)CC2. The predicted octanol–water partition coefficient (Wildman–Crippen LogP) is 2.73. The maximum absolute atomic E-state index is 13.8. The minimum atomic E-state index is -0.458. The molecule has 1 aliphatic rings. The first-order valence-electron chi connectivity index (χ1n) is 7.72. The van der Waals surface area contributed by atoms with Gasteiger partial charge in [-0.25, -0.2) is 13.8 Å². The zero-order valence-corrected chi connectivity index (χ0v) is 13.2. The summed E-state index contributed by atoms with van der Waals surface area (Å²) < 4.78 is 27.0. The van der Waals surface area contributed by atoms with Gasteiger partial charge in [0, 0.05) is 37.5 Å². The molecular formula is C17H19F2N3O. The zero-order valence-electron chi connectivity index (χ0n) is 13.2. The Morgan fingerprint density at radius 1 is 1.35 bits per heavy atom. The van der Waals surface area contributed by atoms with Gasteiger partial charge in [0.15, 0.2) is 0 Å². The summed E-state index contributed by atoms with van der Waals surface area (Å²) in [4.78, 5) is 21.5. The second-order valence-corrected chi connectivity index (χ2v) is 6.23. The van der Waals surface area contributed by atoms with E-state index in [9.17, 15) is 13.6 Å². The van der Waals surface area contributed by atoms with E-state index in [1.807, 2.05) is 18.7 Å². The topological polar surface area (TPSA) is 49.0 Å². The summed E-state index contributed by atoms with van der Waals surface area (Å²) in [6, 6.07) is 3.44. The van der Waals surface area contributed by atoms with Gasteiger partial charge in [0.2, 0.25) is 0 Å². The predicted molar refractivity (Wildman–Crippen MR) is 83.1 cm³/mol. The van der Waals surface area contributed by atoms with Crippen molar-refractivity contribution in [3.63, 3.8) is 0 Å². The van der Waals surface area contributed by atoms with Crippen molar-refractivity contribution in [3.8, 4) is 0 Å². The van der Waals surface area contributed by atoms with Crippen LogP contribution in [0.3, 0.4) is 0 Å². The summed E-state index contributed by atoms with van der Waals surface area (Å²) in [5.41, 5.74) is 1.60. The van der Waals surface area contributed by atoms with E-state index in [-0.39, 0.29) is 18.0 Å². The Morgan fingerprint density at radius 3 is 2.87 bits per heavy atom. The van der Waals surface area contributed by atoms with E-state index in [1.165, 1.54) is 6.07 Å². The van der Waals surface area contributed by atoms with Crippen LogP contribution in [-0.4, -0.2) is 21.4 Å². The third-order valence-corrected chi connectivity index (χ3v) is 4.11. The van der Waals surface area contributed by atoms with Crippen molar-refractivity contribution in [3.05, 3.63) is 62.8 Å². The van der Waals surface area contributed by atoms with E-state index in [1.54, 1.807) is 0 Å². The van der Waals surface area contributed by atoms with E-state index in [0.717, 1.165) is 17.8 Å². The van der Waals surface area contributed by atoms with Crippen molar-refractivity contribution in [2.75, 3.05) is 6.54 Å². The largest absolute Gasteiger partial charge is 0.310 e. The number of fused-ring (bicyclic) bond motifs is 1. The molecule has 0 fully saturated rings. The molecular weight excluding hydrogens is 300 g/mol. The second kappa shape index (κ2) is 6.20. The molecule has 1 aliphatic heterocycles. The molecule has 23 heavy (non-hydrogen) atoms. The van der Waals surface area contributed by atoms with E-state index >= 15 is 0 Å². The molecule has 0 unspecified atom stereocenters. The zero-order chi connectivity index (χ0) is 16.6. The molecule has 0 aliphatic carbocycles. The van der Waals surface area contributed by atoms with E-state index < -0.39 is 11.6 Å². The van der Waals surface area contributed by atoms with Gasteiger partial charge < -0.3 is 4.98 Å². The summed E-state index contributed by atoms with van der Waals surface area (Å²) in [6.07, 6.45) is 0.635. The Bertz CT molecular complexity index is 786. The number of halogens is 2. The van der Waals surface area contributed by atoms with Gasteiger partial charge in [-0.05, 0) is 18.2 Å². The third-order valence-electron chi connectivity index (χ3n) is 4.11. The second-order valence-electron chi connectivity index (χ2n) is 6.23. The van der Waals surface area contributed by atoms with E-state index in [0.29, 0.717) is 36.5 Å². The standard InChI is InChI=1S/C17H19F2N3O/c1-10(2)16-20-15-5-6-22(9-13(15)17(23)21-16)8-11-7-12(18)3-4-14(11)19/h3-4,7,10H,5-6,8-9H2,1-2H3,(H,20,21,23). The first-order chi connectivity index (χ1) is 10.9. The lowest BCUT2D eigenvalue weighted by atomic mass is 10.0. The first kappa shape index (κ1) is 15.8.